The van der Waals surface area contributed by atoms with Gasteiger partial charge < -0.3 is 35.1 Å². The second kappa shape index (κ2) is 10.7. The molecule has 12 nitrogen and oxygen atoms in total. The molecule has 182 valence electrons. The number of aliphatic hydroxyl groups is 2. The summed E-state index contributed by atoms with van der Waals surface area (Å²) in [7, 11) is 4.61. The Morgan fingerprint density at radius 3 is 2.17 bits per heavy atom. The third-order valence-corrected chi connectivity index (χ3v) is 5.09. The van der Waals surface area contributed by atoms with Crippen LogP contribution in [0.4, 0.5) is 23.4 Å². The molecule has 12 heteroatoms. The first kappa shape index (κ1) is 23.7. The number of aromatic nitrogens is 5. The van der Waals surface area contributed by atoms with E-state index in [4.69, 9.17) is 19.3 Å². The zero-order valence-electron chi connectivity index (χ0n) is 19.3. The van der Waals surface area contributed by atoms with Crippen LogP contribution in [-0.2, 0) is 0 Å². The Kier molecular flexibility index (Phi) is 7.24. The molecule has 1 unspecified atom stereocenters. The van der Waals surface area contributed by atoms with E-state index in [1.54, 1.807) is 30.3 Å². The zero-order valence-corrected chi connectivity index (χ0v) is 19.3. The lowest BCUT2D eigenvalue weighted by Gasteiger charge is -2.14. The molecule has 0 bridgehead atoms. The normalized spacial score (nSPS) is 11.6. The molecule has 1 atom stereocenters. The highest BCUT2D eigenvalue weighted by Crippen LogP contribution is 2.40. The highest BCUT2D eigenvalue weighted by Gasteiger charge is 2.14. The van der Waals surface area contributed by atoms with Crippen molar-refractivity contribution in [2.24, 2.45) is 0 Å². The number of benzene rings is 2. The van der Waals surface area contributed by atoms with E-state index in [2.05, 4.69) is 35.8 Å². The van der Waals surface area contributed by atoms with Crippen molar-refractivity contribution in [1.29, 1.82) is 0 Å². The monoisotopic (exact) mass is 479 g/mol. The van der Waals surface area contributed by atoms with E-state index in [9.17, 15) is 5.11 Å². The van der Waals surface area contributed by atoms with Gasteiger partial charge in [-0.25, -0.2) is 9.97 Å². The van der Waals surface area contributed by atoms with Gasteiger partial charge in [0, 0.05) is 23.9 Å². The molecule has 0 saturated heterocycles. The molecule has 0 saturated carbocycles. The maximum absolute atomic E-state index is 9.73. The maximum Gasteiger partial charge on any atom is 0.233 e. The molecule has 0 aliphatic heterocycles. The predicted molar refractivity (Wildman–Crippen MR) is 129 cm³/mol. The molecular weight excluding hydrogens is 454 g/mol. The summed E-state index contributed by atoms with van der Waals surface area (Å²) in [5.74, 6) is 2.55. The standard InChI is InChI=1S/C23H25N7O5/c1-33-18-8-15(9-19(34-2)21(18)35-3)26-22-24-12-25-23(28-22)27-20-10-16(29-30-20)13-4-6-14(7-5-13)17(32)11-31/h4-10,12,17,31-32H,11H2,1-3H3,(H3,24,25,26,27,28,29,30). The second-order valence-electron chi connectivity index (χ2n) is 7.28. The summed E-state index contributed by atoms with van der Waals surface area (Å²) in [4.78, 5) is 12.7. The van der Waals surface area contributed by atoms with Crippen LogP contribution in [0.15, 0.2) is 48.8 Å². The minimum atomic E-state index is -0.908. The second-order valence-corrected chi connectivity index (χ2v) is 7.28. The molecular formula is C23H25N7O5. The van der Waals surface area contributed by atoms with E-state index in [1.165, 1.54) is 27.7 Å². The van der Waals surface area contributed by atoms with Gasteiger partial charge in [-0.2, -0.15) is 10.1 Å². The molecule has 35 heavy (non-hydrogen) atoms. The van der Waals surface area contributed by atoms with Gasteiger partial charge in [-0.3, -0.25) is 5.10 Å². The highest BCUT2D eigenvalue weighted by molar-refractivity contribution is 5.67. The van der Waals surface area contributed by atoms with Crippen LogP contribution in [0, 0.1) is 0 Å². The lowest BCUT2D eigenvalue weighted by atomic mass is 10.1. The molecule has 0 amide bonds. The zero-order chi connectivity index (χ0) is 24.8. The minimum absolute atomic E-state index is 0.286. The average Bonchev–Trinajstić information content (AvgIpc) is 3.36. The van der Waals surface area contributed by atoms with E-state index < -0.39 is 6.10 Å². The third-order valence-electron chi connectivity index (χ3n) is 5.09. The summed E-state index contributed by atoms with van der Waals surface area (Å²) in [5.41, 5.74) is 2.88. The van der Waals surface area contributed by atoms with Crippen molar-refractivity contribution in [1.82, 2.24) is 25.1 Å². The van der Waals surface area contributed by atoms with Crippen molar-refractivity contribution in [3.8, 4) is 28.5 Å². The summed E-state index contributed by atoms with van der Waals surface area (Å²) >= 11 is 0. The molecule has 5 N–H and O–H groups in total. The van der Waals surface area contributed by atoms with Gasteiger partial charge in [0.1, 0.15) is 12.4 Å². The van der Waals surface area contributed by atoms with Gasteiger partial charge in [-0.05, 0) is 11.1 Å². The number of anilines is 4. The first-order valence-electron chi connectivity index (χ1n) is 10.5. The van der Waals surface area contributed by atoms with Crippen molar-refractivity contribution < 1.29 is 24.4 Å². The smallest absolute Gasteiger partial charge is 0.233 e. The Bertz CT molecular complexity index is 1250. The van der Waals surface area contributed by atoms with Gasteiger partial charge >= 0.3 is 0 Å². The Hall–Kier alpha value is -4.42. The van der Waals surface area contributed by atoms with E-state index in [1.807, 2.05) is 12.1 Å². The predicted octanol–water partition coefficient (Wildman–Crippen LogP) is 2.80. The number of ether oxygens (including phenoxy) is 3. The number of H-pyrrole nitrogens is 1. The Morgan fingerprint density at radius 1 is 0.914 bits per heavy atom. The first-order chi connectivity index (χ1) is 17.0. The summed E-state index contributed by atoms with van der Waals surface area (Å²) in [5, 5.41) is 32.1. The number of nitrogens with zero attached hydrogens (tertiary/aromatic N) is 4. The van der Waals surface area contributed by atoms with Crippen molar-refractivity contribution in [3.05, 3.63) is 54.4 Å². The van der Waals surface area contributed by atoms with E-state index in [0.29, 0.717) is 40.3 Å². The lowest BCUT2D eigenvalue weighted by Crippen LogP contribution is -2.03. The quantitative estimate of drug-likeness (QED) is 0.228. The Labute approximate surface area is 201 Å². The summed E-state index contributed by atoms with van der Waals surface area (Å²) in [6, 6.07) is 12.4. The maximum atomic E-state index is 9.73. The molecule has 4 aromatic rings. The fourth-order valence-corrected chi connectivity index (χ4v) is 3.34. The van der Waals surface area contributed by atoms with Gasteiger partial charge in [0.2, 0.25) is 17.6 Å². The topological polar surface area (TPSA) is 160 Å². The van der Waals surface area contributed by atoms with Gasteiger partial charge in [0.15, 0.2) is 17.3 Å². The summed E-state index contributed by atoms with van der Waals surface area (Å²) in [6.45, 7) is -0.334. The molecule has 0 aliphatic rings. The fourth-order valence-electron chi connectivity index (χ4n) is 3.34. The summed E-state index contributed by atoms with van der Waals surface area (Å²) < 4.78 is 16.1. The van der Waals surface area contributed by atoms with Crippen molar-refractivity contribution in [2.75, 3.05) is 38.6 Å². The van der Waals surface area contributed by atoms with Crippen LogP contribution >= 0.6 is 0 Å². The van der Waals surface area contributed by atoms with Crippen LogP contribution in [0.1, 0.15) is 11.7 Å². The largest absolute Gasteiger partial charge is 0.493 e. The molecule has 0 aliphatic carbocycles. The number of rotatable bonds is 10. The van der Waals surface area contributed by atoms with Gasteiger partial charge in [0.25, 0.3) is 0 Å². The number of methoxy groups -OCH3 is 3. The molecule has 0 radical (unpaired) electrons. The summed E-state index contributed by atoms with van der Waals surface area (Å²) in [6.07, 6.45) is 0.462. The van der Waals surface area contributed by atoms with Crippen LogP contribution in [0.3, 0.4) is 0 Å². The number of nitrogens with one attached hydrogen (secondary N) is 3. The number of aromatic amines is 1. The fraction of sp³-hybridized carbons (Fsp3) is 0.217. The third kappa shape index (κ3) is 5.39. The van der Waals surface area contributed by atoms with Gasteiger partial charge in [0.05, 0.1) is 33.6 Å². The first-order valence-corrected chi connectivity index (χ1v) is 10.5. The molecule has 2 heterocycles. The number of hydrogen-bond donors (Lipinski definition) is 5. The minimum Gasteiger partial charge on any atom is -0.493 e. The van der Waals surface area contributed by atoms with E-state index in [0.717, 1.165) is 11.3 Å². The molecule has 0 spiro atoms. The van der Waals surface area contributed by atoms with Crippen LogP contribution < -0.4 is 24.8 Å². The lowest BCUT2D eigenvalue weighted by molar-refractivity contribution is 0.0956. The number of aliphatic hydroxyl groups excluding tert-OH is 2. The van der Waals surface area contributed by atoms with Crippen LogP contribution in [0.2, 0.25) is 0 Å². The van der Waals surface area contributed by atoms with Crippen LogP contribution in [0.5, 0.6) is 17.2 Å². The van der Waals surface area contributed by atoms with E-state index >= 15 is 0 Å². The van der Waals surface area contributed by atoms with Crippen molar-refractivity contribution >= 4 is 23.4 Å². The van der Waals surface area contributed by atoms with Gasteiger partial charge in [-0.1, -0.05) is 24.3 Å². The molecule has 4 rings (SSSR count). The van der Waals surface area contributed by atoms with Gasteiger partial charge in [-0.15, -0.1) is 0 Å². The Morgan fingerprint density at radius 2 is 1.57 bits per heavy atom. The molecule has 2 aromatic carbocycles. The van der Waals surface area contributed by atoms with Crippen molar-refractivity contribution in [2.45, 2.75) is 6.10 Å². The van der Waals surface area contributed by atoms with Crippen LogP contribution in [0.25, 0.3) is 11.3 Å². The van der Waals surface area contributed by atoms with Crippen LogP contribution in [-0.4, -0.2) is 63.3 Å². The van der Waals surface area contributed by atoms with Crippen molar-refractivity contribution in [3.63, 3.8) is 0 Å². The Balaban J connectivity index is 1.48. The molecule has 0 fully saturated rings. The molecule has 2 aromatic heterocycles. The number of hydrogen-bond acceptors (Lipinski definition) is 11. The SMILES string of the molecule is COc1cc(Nc2ncnc(Nc3cc(-c4ccc(C(O)CO)cc4)[nH]n3)n2)cc(OC)c1OC. The average molecular weight is 479 g/mol. The van der Waals surface area contributed by atoms with E-state index in [-0.39, 0.29) is 12.6 Å². The highest BCUT2D eigenvalue weighted by atomic mass is 16.5.